The fourth-order valence-corrected chi connectivity index (χ4v) is 6.51. The SMILES string of the molecule is C/C(=C\C=C\C(C)c1cccnc1)[C@H]1OC(=O)C[C@@H](O)CC[C@](C)(O)[C@@H](OC(=O)N2CCC(N3CCC(F)CC3)CC2)/C=C\[C@@H]1C. The Hall–Kier alpha value is -3.08. The van der Waals surface area contributed by atoms with Crippen molar-refractivity contribution >= 4 is 12.1 Å². The Kier molecular flexibility index (Phi) is 13.0. The van der Waals surface area contributed by atoms with E-state index < -0.39 is 42.1 Å². The topological polar surface area (TPSA) is 112 Å². The number of carbonyl (C=O) groups excluding carboxylic acids is 2. The molecule has 2 N–H and O–H groups in total. The molecule has 1 amide bonds. The molecule has 4 rings (SSSR count). The normalized spacial score (nSPS) is 31.5. The van der Waals surface area contributed by atoms with E-state index in [1.165, 1.54) is 0 Å². The molecular formula is C36H52FN3O6. The number of cyclic esters (lactones) is 1. The van der Waals surface area contributed by atoms with Crippen molar-refractivity contribution < 1.29 is 33.7 Å². The zero-order valence-corrected chi connectivity index (χ0v) is 27.8. The number of ether oxygens (including phenoxy) is 2. The molecular weight excluding hydrogens is 589 g/mol. The summed E-state index contributed by atoms with van der Waals surface area (Å²) in [5.41, 5.74) is 0.421. The summed E-state index contributed by atoms with van der Waals surface area (Å²) in [5.74, 6) is -0.692. The van der Waals surface area contributed by atoms with Crippen molar-refractivity contribution in [3.63, 3.8) is 0 Å². The lowest BCUT2D eigenvalue weighted by Crippen LogP contribution is -2.51. The molecule has 0 spiro atoms. The van der Waals surface area contributed by atoms with Crippen molar-refractivity contribution in [1.82, 2.24) is 14.8 Å². The highest BCUT2D eigenvalue weighted by Crippen LogP contribution is 2.29. The smallest absolute Gasteiger partial charge is 0.410 e. The third-order valence-corrected chi connectivity index (χ3v) is 9.67. The molecule has 0 aliphatic carbocycles. The van der Waals surface area contributed by atoms with E-state index >= 15 is 0 Å². The van der Waals surface area contributed by atoms with Gasteiger partial charge in [-0.3, -0.25) is 9.78 Å². The Morgan fingerprint density at radius 2 is 1.89 bits per heavy atom. The molecule has 2 saturated heterocycles. The van der Waals surface area contributed by atoms with Crippen molar-refractivity contribution in [2.75, 3.05) is 26.2 Å². The van der Waals surface area contributed by atoms with Crippen LogP contribution < -0.4 is 0 Å². The fourth-order valence-electron chi connectivity index (χ4n) is 6.51. The molecule has 0 radical (unpaired) electrons. The van der Waals surface area contributed by atoms with E-state index in [4.69, 9.17) is 9.47 Å². The van der Waals surface area contributed by atoms with E-state index in [-0.39, 0.29) is 31.1 Å². The van der Waals surface area contributed by atoms with Gasteiger partial charge < -0.3 is 29.5 Å². The van der Waals surface area contributed by atoms with Gasteiger partial charge >= 0.3 is 12.1 Å². The maximum absolute atomic E-state index is 13.6. The highest BCUT2D eigenvalue weighted by molar-refractivity contribution is 5.70. The van der Waals surface area contributed by atoms with E-state index in [1.807, 2.05) is 56.5 Å². The van der Waals surface area contributed by atoms with Crippen molar-refractivity contribution in [2.24, 2.45) is 5.92 Å². The van der Waals surface area contributed by atoms with Crippen LogP contribution in [0.15, 0.2) is 60.5 Å². The number of aromatic nitrogens is 1. The van der Waals surface area contributed by atoms with Crippen LogP contribution in [0, 0.1) is 5.92 Å². The highest BCUT2D eigenvalue weighted by Gasteiger charge is 2.37. The van der Waals surface area contributed by atoms with Gasteiger partial charge in [0, 0.05) is 56.5 Å². The molecule has 9 nitrogen and oxygen atoms in total. The second kappa shape index (κ2) is 16.7. The van der Waals surface area contributed by atoms with Crippen molar-refractivity contribution in [3.8, 4) is 0 Å². The maximum atomic E-state index is 13.6. The monoisotopic (exact) mass is 641 g/mol. The number of halogens is 1. The Balaban J connectivity index is 1.45. The zero-order chi connectivity index (χ0) is 33.3. The van der Waals surface area contributed by atoms with Crippen LogP contribution in [0.2, 0.25) is 0 Å². The third-order valence-electron chi connectivity index (χ3n) is 9.67. The van der Waals surface area contributed by atoms with Gasteiger partial charge in [-0.25, -0.2) is 9.18 Å². The molecule has 1 aromatic rings. The number of hydrogen-bond donors (Lipinski definition) is 2. The van der Waals surface area contributed by atoms with Crippen molar-refractivity contribution in [2.45, 2.75) is 115 Å². The summed E-state index contributed by atoms with van der Waals surface area (Å²) < 4.78 is 25.4. The number of carbonyl (C=O) groups is 2. The van der Waals surface area contributed by atoms with Crippen LogP contribution in [0.5, 0.6) is 0 Å². The number of aliphatic hydroxyl groups excluding tert-OH is 1. The van der Waals surface area contributed by atoms with Crippen LogP contribution in [0.4, 0.5) is 9.18 Å². The number of hydrogen-bond acceptors (Lipinski definition) is 8. The summed E-state index contributed by atoms with van der Waals surface area (Å²) in [6.07, 6.45) is 11.9. The first kappa shape index (κ1) is 35.8. The van der Waals surface area contributed by atoms with Crippen molar-refractivity contribution in [3.05, 3.63) is 66.0 Å². The second-order valence-electron chi connectivity index (χ2n) is 13.5. The predicted octanol–water partition coefficient (Wildman–Crippen LogP) is 5.49. The average molecular weight is 642 g/mol. The van der Waals surface area contributed by atoms with Crippen LogP contribution in [-0.2, 0) is 14.3 Å². The maximum Gasteiger partial charge on any atom is 0.410 e. The first-order chi connectivity index (χ1) is 21.9. The molecule has 10 heteroatoms. The minimum atomic E-state index is -1.48. The Morgan fingerprint density at radius 3 is 2.57 bits per heavy atom. The van der Waals surface area contributed by atoms with Gasteiger partial charge in [0.1, 0.15) is 17.9 Å². The van der Waals surface area contributed by atoms with Crippen molar-refractivity contribution in [1.29, 1.82) is 0 Å². The minimum absolute atomic E-state index is 0.118. The number of alkyl halides is 1. The molecule has 0 bridgehead atoms. The first-order valence-corrected chi connectivity index (χ1v) is 16.8. The summed E-state index contributed by atoms with van der Waals surface area (Å²) in [6, 6.07) is 4.24. The summed E-state index contributed by atoms with van der Waals surface area (Å²) >= 11 is 0. The number of aliphatic hydroxyl groups is 2. The second-order valence-corrected chi connectivity index (χ2v) is 13.5. The minimum Gasteiger partial charge on any atom is -0.457 e. The first-order valence-electron chi connectivity index (χ1n) is 16.8. The van der Waals surface area contributed by atoms with Crippen LogP contribution in [-0.4, -0.2) is 99.4 Å². The number of nitrogens with zero attached hydrogens (tertiary/aromatic N) is 3. The van der Waals surface area contributed by atoms with Crippen LogP contribution >= 0.6 is 0 Å². The Labute approximate surface area is 273 Å². The van der Waals surface area contributed by atoms with Gasteiger partial charge in [-0.15, -0.1) is 0 Å². The number of likely N-dealkylation sites (tertiary alicyclic amines) is 2. The molecule has 6 atom stereocenters. The standard InChI is InChI=1S/C36H52FN3O6/c1-25(28-9-6-18-38-24-28)7-5-8-26(2)34-27(3)10-11-32(36(4,44)17-12-31(41)23-33(42)46-34)45-35(43)40-21-15-30(16-22-40)39-19-13-29(37)14-20-39/h5-11,18,24-25,27,29-32,34,41,44H,12-17,19-23H2,1-4H3/b7-5+,11-10-,26-8+/t25?,27-,31-,32-,34+,36-/m0/s1. The largest absolute Gasteiger partial charge is 0.457 e. The summed E-state index contributed by atoms with van der Waals surface area (Å²) in [7, 11) is 0. The van der Waals surface area contributed by atoms with E-state index in [0.29, 0.717) is 32.0 Å². The molecule has 3 aliphatic heterocycles. The molecule has 1 aromatic heterocycles. The van der Waals surface area contributed by atoms with Gasteiger partial charge in [0.2, 0.25) is 0 Å². The zero-order valence-electron chi connectivity index (χ0n) is 27.8. The number of pyridine rings is 1. The van der Waals surface area contributed by atoms with E-state index in [9.17, 15) is 24.2 Å². The number of allylic oxidation sites excluding steroid dienone is 3. The van der Waals surface area contributed by atoms with Gasteiger partial charge in [-0.05, 0) is 75.7 Å². The molecule has 3 aliphatic rings. The number of rotatable bonds is 6. The summed E-state index contributed by atoms with van der Waals surface area (Å²) in [5, 5.41) is 22.1. The summed E-state index contributed by atoms with van der Waals surface area (Å²) in [6.45, 7) is 10.0. The average Bonchev–Trinajstić information content (AvgIpc) is 3.04. The van der Waals surface area contributed by atoms with E-state index in [2.05, 4.69) is 16.8 Å². The third kappa shape index (κ3) is 10.2. The number of amides is 1. The molecule has 254 valence electrons. The van der Waals surface area contributed by atoms with E-state index in [1.54, 1.807) is 24.1 Å². The van der Waals surface area contributed by atoms with Gasteiger partial charge in [0.05, 0.1) is 12.5 Å². The predicted molar refractivity (Wildman–Crippen MR) is 175 cm³/mol. The summed E-state index contributed by atoms with van der Waals surface area (Å²) in [4.78, 5) is 34.3. The van der Waals surface area contributed by atoms with Crippen LogP contribution in [0.25, 0.3) is 0 Å². The molecule has 0 aromatic carbocycles. The highest BCUT2D eigenvalue weighted by atomic mass is 19.1. The van der Waals surface area contributed by atoms with Gasteiger partial charge in [0.15, 0.2) is 6.10 Å². The van der Waals surface area contributed by atoms with Crippen LogP contribution in [0.3, 0.4) is 0 Å². The Morgan fingerprint density at radius 1 is 1.17 bits per heavy atom. The quantitative estimate of drug-likeness (QED) is 0.238. The van der Waals surface area contributed by atoms with E-state index in [0.717, 1.165) is 37.1 Å². The lowest BCUT2D eigenvalue weighted by Gasteiger charge is -2.41. The number of esters is 1. The lowest BCUT2D eigenvalue weighted by atomic mass is 9.88. The van der Waals surface area contributed by atoms with Gasteiger partial charge in [0.25, 0.3) is 0 Å². The molecule has 46 heavy (non-hydrogen) atoms. The molecule has 1 unspecified atom stereocenters. The molecule has 0 saturated carbocycles. The Bertz CT molecular complexity index is 1220. The fraction of sp³-hybridized carbons (Fsp3) is 0.639. The van der Waals surface area contributed by atoms with Crippen LogP contribution in [0.1, 0.15) is 84.1 Å². The van der Waals surface area contributed by atoms with Gasteiger partial charge in [-0.1, -0.05) is 44.2 Å². The molecule has 4 heterocycles. The van der Waals surface area contributed by atoms with Gasteiger partial charge in [-0.2, -0.15) is 0 Å². The lowest BCUT2D eigenvalue weighted by molar-refractivity contribution is -0.151. The molecule has 2 fully saturated rings. The number of piperidine rings is 2.